The SMILES string of the molecule is N#Cc1ccc(/C=C/c2sc3ccccc3[n+]2CCC[n+]2c(/C=C/c3ccc(C#N)cc3)sc3ccccc32)cc1. The van der Waals surface area contributed by atoms with Gasteiger partial charge in [-0.25, -0.2) is 0 Å². The van der Waals surface area contributed by atoms with Crippen LogP contribution in [0.1, 0.15) is 38.7 Å². The van der Waals surface area contributed by atoms with Crippen molar-refractivity contribution in [3.63, 3.8) is 0 Å². The molecule has 0 saturated carbocycles. The third-order valence-corrected chi connectivity index (χ3v) is 9.21. The molecule has 0 amide bonds. The summed E-state index contributed by atoms with van der Waals surface area (Å²) in [6.07, 6.45) is 9.59. The Labute approximate surface area is 247 Å². The van der Waals surface area contributed by atoms with Gasteiger partial charge in [-0.05, 0) is 59.7 Å². The molecule has 41 heavy (non-hydrogen) atoms. The summed E-state index contributed by atoms with van der Waals surface area (Å²) in [5.74, 6) is 0. The molecular weight excluding hydrogens is 541 g/mol. The fourth-order valence-corrected chi connectivity index (χ4v) is 7.06. The molecule has 4 nitrogen and oxygen atoms in total. The lowest BCUT2D eigenvalue weighted by Gasteiger charge is -1.99. The van der Waals surface area contributed by atoms with Gasteiger partial charge in [0.2, 0.25) is 11.0 Å². The van der Waals surface area contributed by atoms with Crippen LogP contribution in [0.4, 0.5) is 0 Å². The van der Waals surface area contributed by atoms with Crippen LogP contribution < -0.4 is 9.13 Å². The molecule has 0 fully saturated rings. The lowest BCUT2D eigenvalue weighted by atomic mass is 10.1. The number of fused-ring (bicyclic) bond motifs is 2. The first-order valence-corrected chi connectivity index (χ1v) is 15.0. The number of aromatic nitrogens is 2. The summed E-state index contributed by atoms with van der Waals surface area (Å²) in [7, 11) is 0. The van der Waals surface area contributed by atoms with Crippen LogP contribution in [0.2, 0.25) is 0 Å². The van der Waals surface area contributed by atoms with Crippen LogP contribution in [0.5, 0.6) is 0 Å². The molecule has 0 N–H and O–H groups in total. The first-order chi connectivity index (χ1) is 20.2. The molecule has 0 bridgehead atoms. The van der Waals surface area contributed by atoms with Gasteiger partial charge in [0.15, 0.2) is 13.1 Å². The third-order valence-electron chi connectivity index (χ3n) is 6.95. The quantitative estimate of drug-likeness (QED) is 0.176. The van der Waals surface area contributed by atoms with Crippen LogP contribution in [0.15, 0.2) is 97.1 Å². The van der Waals surface area contributed by atoms with Crippen LogP contribution in [-0.2, 0) is 13.1 Å². The zero-order valence-corrected chi connectivity index (χ0v) is 23.9. The Bertz CT molecular complexity index is 1830. The predicted octanol–water partition coefficient (Wildman–Crippen LogP) is 7.87. The molecular formula is C35H26N4S2+2. The molecule has 0 atom stereocenters. The maximum absolute atomic E-state index is 9.10. The van der Waals surface area contributed by atoms with E-state index in [1.54, 1.807) is 22.7 Å². The van der Waals surface area contributed by atoms with Gasteiger partial charge in [0.25, 0.3) is 10.0 Å². The number of thiazole rings is 2. The first-order valence-electron chi connectivity index (χ1n) is 13.4. The van der Waals surface area contributed by atoms with E-state index < -0.39 is 0 Å². The Balaban J connectivity index is 1.26. The lowest BCUT2D eigenvalue weighted by molar-refractivity contribution is -0.699. The summed E-state index contributed by atoms with van der Waals surface area (Å²) in [5, 5.41) is 20.6. The highest BCUT2D eigenvalue weighted by atomic mass is 32.1. The topological polar surface area (TPSA) is 55.3 Å². The van der Waals surface area contributed by atoms with Gasteiger partial charge < -0.3 is 0 Å². The van der Waals surface area contributed by atoms with E-state index in [-0.39, 0.29) is 0 Å². The van der Waals surface area contributed by atoms with Gasteiger partial charge >= 0.3 is 0 Å². The second-order valence-electron chi connectivity index (χ2n) is 9.61. The van der Waals surface area contributed by atoms with E-state index in [9.17, 15) is 0 Å². The molecule has 0 spiro atoms. The first kappa shape index (κ1) is 26.3. The van der Waals surface area contributed by atoms with Crippen molar-refractivity contribution in [2.24, 2.45) is 0 Å². The standard InChI is InChI=1S/C35H26N4S2/c36-24-28-14-10-26(11-15-28)18-20-34-38(30-6-1-3-8-32(30)40-34)22-5-23-39-31-7-2-4-9-33(31)41-35(39)21-19-27-12-16-29(25-37)17-13-27/h1-4,6-21H,5,22-23H2/q+2/b20-18+,21-19+. The third kappa shape index (κ3) is 5.85. The average Bonchev–Trinajstić information content (AvgIpc) is 3.57. The summed E-state index contributed by atoms with van der Waals surface area (Å²) < 4.78 is 7.38. The summed E-state index contributed by atoms with van der Waals surface area (Å²) >= 11 is 3.60. The molecule has 196 valence electrons. The zero-order chi connectivity index (χ0) is 28.0. The van der Waals surface area contributed by atoms with Gasteiger partial charge in [-0.1, -0.05) is 71.2 Å². The number of nitriles is 2. The van der Waals surface area contributed by atoms with Gasteiger partial charge in [-0.15, -0.1) is 0 Å². The number of para-hydroxylation sites is 2. The lowest BCUT2D eigenvalue weighted by Crippen LogP contribution is -2.40. The minimum absolute atomic E-state index is 0.670. The van der Waals surface area contributed by atoms with Crippen molar-refractivity contribution < 1.29 is 9.13 Å². The van der Waals surface area contributed by atoms with Crippen molar-refractivity contribution >= 4 is 67.4 Å². The summed E-state index contributed by atoms with van der Waals surface area (Å²) in [6, 6.07) is 36.9. The predicted molar refractivity (Wildman–Crippen MR) is 169 cm³/mol. The van der Waals surface area contributed by atoms with E-state index in [1.165, 1.54) is 30.4 Å². The van der Waals surface area contributed by atoms with E-state index in [4.69, 9.17) is 10.5 Å². The van der Waals surface area contributed by atoms with Crippen molar-refractivity contribution in [2.45, 2.75) is 19.5 Å². The smallest absolute Gasteiger partial charge is 0.192 e. The number of aryl methyl sites for hydroxylation is 2. The Kier molecular flexibility index (Phi) is 7.78. The maximum atomic E-state index is 9.10. The van der Waals surface area contributed by atoms with Gasteiger partial charge in [0, 0.05) is 24.3 Å². The van der Waals surface area contributed by atoms with E-state index in [1.807, 2.05) is 48.5 Å². The minimum Gasteiger partial charge on any atom is -0.192 e. The Morgan fingerprint density at radius 3 is 1.37 bits per heavy atom. The number of hydrogen-bond donors (Lipinski definition) is 0. The van der Waals surface area contributed by atoms with Crippen LogP contribution >= 0.6 is 22.7 Å². The van der Waals surface area contributed by atoms with Crippen molar-refractivity contribution in [3.05, 3.63) is 129 Å². The molecule has 0 aliphatic rings. The van der Waals surface area contributed by atoms with Gasteiger partial charge in [0.1, 0.15) is 9.40 Å². The van der Waals surface area contributed by atoms with Crippen LogP contribution in [0.25, 0.3) is 44.7 Å². The minimum atomic E-state index is 0.670. The fourth-order valence-electron chi connectivity index (χ4n) is 4.87. The molecule has 0 aliphatic heterocycles. The average molecular weight is 567 g/mol. The zero-order valence-electron chi connectivity index (χ0n) is 22.3. The number of hydrogen-bond acceptors (Lipinski definition) is 4. The molecule has 6 aromatic rings. The molecule has 0 unspecified atom stereocenters. The van der Waals surface area contributed by atoms with Crippen LogP contribution in [-0.4, -0.2) is 0 Å². The highest BCUT2D eigenvalue weighted by Gasteiger charge is 2.22. The molecule has 6 rings (SSSR count). The van der Waals surface area contributed by atoms with Crippen molar-refractivity contribution in [1.29, 1.82) is 10.5 Å². The molecule has 0 saturated heterocycles. The normalized spacial score (nSPS) is 11.5. The Morgan fingerprint density at radius 2 is 0.951 bits per heavy atom. The van der Waals surface area contributed by atoms with Gasteiger partial charge in [0.05, 0.1) is 29.7 Å². The van der Waals surface area contributed by atoms with Crippen molar-refractivity contribution in [1.82, 2.24) is 0 Å². The molecule has 6 heteroatoms. The molecule has 0 radical (unpaired) electrons. The molecule has 2 aromatic heterocycles. The van der Waals surface area contributed by atoms with Crippen molar-refractivity contribution in [3.8, 4) is 12.1 Å². The molecule has 2 heterocycles. The number of benzene rings is 4. The van der Waals surface area contributed by atoms with E-state index in [0.717, 1.165) is 30.6 Å². The second-order valence-corrected chi connectivity index (χ2v) is 11.7. The van der Waals surface area contributed by atoms with E-state index >= 15 is 0 Å². The highest BCUT2D eigenvalue weighted by molar-refractivity contribution is 7.19. The summed E-state index contributed by atoms with van der Waals surface area (Å²) in [6.45, 7) is 1.79. The fraction of sp³-hybridized carbons (Fsp3) is 0.0857. The highest BCUT2D eigenvalue weighted by Crippen LogP contribution is 2.24. The van der Waals surface area contributed by atoms with Gasteiger partial charge in [-0.3, -0.25) is 0 Å². The largest absolute Gasteiger partial charge is 0.262 e. The summed E-state index contributed by atoms with van der Waals surface area (Å²) in [4.78, 5) is 0. The van der Waals surface area contributed by atoms with Crippen molar-refractivity contribution in [2.75, 3.05) is 0 Å². The Hall–Kier alpha value is -4.88. The number of nitrogens with zero attached hydrogens (tertiary/aromatic N) is 4. The van der Waals surface area contributed by atoms with Gasteiger partial charge in [-0.2, -0.15) is 19.7 Å². The molecule has 4 aromatic carbocycles. The summed E-state index contributed by atoms with van der Waals surface area (Å²) in [5.41, 5.74) is 5.99. The Morgan fingerprint density at radius 1 is 0.537 bits per heavy atom. The maximum Gasteiger partial charge on any atom is 0.262 e. The van der Waals surface area contributed by atoms with E-state index in [0.29, 0.717) is 11.1 Å². The van der Waals surface area contributed by atoms with Crippen LogP contribution in [0, 0.1) is 22.7 Å². The van der Waals surface area contributed by atoms with E-state index in [2.05, 4.69) is 94.1 Å². The second kappa shape index (κ2) is 12.1. The molecule has 0 aliphatic carbocycles. The number of rotatable bonds is 8. The monoisotopic (exact) mass is 566 g/mol. The van der Waals surface area contributed by atoms with Crippen LogP contribution in [0.3, 0.4) is 0 Å².